The van der Waals surface area contributed by atoms with Crippen molar-refractivity contribution in [1.29, 1.82) is 0 Å². The molecule has 3 rings (SSSR count). The van der Waals surface area contributed by atoms with E-state index in [4.69, 9.17) is 0 Å². The second kappa shape index (κ2) is 7.65. The van der Waals surface area contributed by atoms with E-state index < -0.39 is 0 Å². The number of halogens is 1. The van der Waals surface area contributed by atoms with E-state index in [1.807, 2.05) is 24.3 Å². The third-order valence-electron chi connectivity index (χ3n) is 4.19. The van der Waals surface area contributed by atoms with Gasteiger partial charge in [-0.05, 0) is 53.5 Å². The molecule has 1 aromatic carbocycles. The molecular formula is C18H23IN4O. The standard InChI is InChI=1S/C18H23IN4O/c1-11(2)16(10-24)22-18-21-15(12-7-8-12)9-17(23-18)20-14-6-4-3-5-13(14)19/h3-6,9,11-12,16,24H,7-8,10H2,1-2H3,(H2,20,21,22,23)/t16-/m1/s1. The summed E-state index contributed by atoms with van der Waals surface area (Å²) in [5, 5.41) is 16.2. The lowest BCUT2D eigenvalue weighted by molar-refractivity contribution is 0.248. The molecule has 2 aromatic rings. The number of aromatic nitrogens is 2. The first kappa shape index (κ1) is 17.4. The summed E-state index contributed by atoms with van der Waals surface area (Å²) in [6.07, 6.45) is 2.37. The van der Waals surface area contributed by atoms with Crippen LogP contribution in [0.15, 0.2) is 30.3 Å². The second-order valence-electron chi connectivity index (χ2n) is 6.56. The largest absolute Gasteiger partial charge is 0.394 e. The van der Waals surface area contributed by atoms with Crippen LogP contribution >= 0.6 is 22.6 Å². The molecule has 1 aliphatic rings. The number of anilines is 3. The van der Waals surface area contributed by atoms with Gasteiger partial charge in [-0.1, -0.05) is 26.0 Å². The fourth-order valence-corrected chi connectivity index (χ4v) is 2.99. The molecular weight excluding hydrogens is 415 g/mol. The Morgan fingerprint density at radius 3 is 2.62 bits per heavy atom. The van der Waals surface area contributed by atoms with Crippen molar-refractivity contribution in [2.24, 2.45) is 5.92 Å². The number of aliphatic hydroxyl groups is 1. The first-order valence-electron chi connectivity index (χ1n) is 8.34. The Bertz CT molecular complexity index is 703. The molecule has 0 spiro atoms. The van der Waals surface area contributed by atoms with Crippen molar-refractivity contribution in [1.82, 2.24) is 9.97 Å². The Morgan fingerprint density at radius 1 is 1.25 bits per heavy atom. The molecule has 1 atom stereocenters. The van der Waals surface area contributed by atoms with Crippen LogP contribution in [0.1, 0.15) is 38.3 Å². The Hall–Kier alpha value is -1.41. The van der Waals surface area contributed by atoms with Crippen LogP contribution in [0.2, 0.25) is 0 Å². The molecule has 128 valence electrons. The average Bonchev–Trinajstić information content (AvgIpc) is 3.39. The maximum absolute atomic E-state index is 9.55. The molecule has 0 saturated heterocycles. The SMILES string of the molecule is CC(C)[C@@H](CO)Nc1nc(Nc2ccccc2I)cc(C2CC2)n1. The van der Waals surface area contributed by atoms with E-state index in [0.29, 0.717) is 17.8 Å². The maximum atomic E-state index is 9.55. The summed E-state index contributed by atoms with van der Waals surface area (Å²) in [4.78, 5) is 9.26. The van der Waals surface area contributed by atoms with Gasteiger partial charge in [0.25, 0.3) is 0 Å². The van der Waals surface area contributed by atoms with Crippen molar-refractivity contribution < 1.29 is 5.11 Å². The summed E-state index contributed by atoms with van der Waals surface area (Å²) in [6, 6.07) is 10.1. The summed E-state index contributed by atoms with van der Waals surface area (Å²) in [5.74, 6) is 2.21. The fourth-order valence-electron chi connectivity index (χ4n) is 2.47. The lowest BCUT2D eigenvalue weighted by atomic mass is 10.1. The van der Waals surface area contributed by atoms with E-state index in [0.717, 1.165) is 20.8 Å². The quantitative estimate of drug-likeness (QED) is 0.568. The number of hydrogen-bond acceptors (Lipinski definition) is 5. The Labute approximate surface area is 156 Å². The summed E-state index contributed by atoms with van der Waals surface area (Å²) in [5.41, 5.74) is 2.11. The molecule has 6 heteroatoms. The van der Waals surface area contributed by atoms with E-state index in [2.05, 4.69) is 63.1 Å². The van der Waals surface area contributed by atoms with Crippen molar-refractivity contribution in [3.8, 4) is 0 Å². The number of aliphatic hydroxyl groups excluding tert-OH is 1. The topological polar surface area (TPSA) is 70.1 Å². The van der Waals surface area contributed by atoms with Gasteiger partial charge in [-0.15, -0.1) is 0 Å². The van der Waals surface area contributed by atoms with Gasteiger partial charge in [0.05, 0.1) is 24.0 Å². The summed E-state index contributed by atoms with van der Waals surface area (Å²) in [7, 11) is 0. The normalized spacial score (nSPS) is 15.4. The lowest BCUT2D eigenvalue weighted by Crippen LogP contribution is -2.30. The Kier molecular flexibility index (Phi) is 5.55. The predicted octanol–water partition coefficient (Wildman–Crippen LogP) is 4.13. The van der Waals surface area contributed by atoms with Crippen LogP contribution in [0.3, 0.4) is 0 Å². The number of nitrogens with one attached hydrogen (secondary N) is 2. The minimum absolute atomic E-state index is 0.0517. The van der Waals surface area contributed by atoms with Gasteiger partial charge < -0.3 is 15.7 Å². The first-order chi connectivity index (χ1) is 11.6. The molecule has 1 fully saturated rings. The first-order valence-corrected chi connectivity index (χ1v) is 9.42. The van der Waals surface area contributed by atoms with E-state index >= 15 is 0 Å². The maximum Gasteiger partial charge on any atom is 0.225 e. The summed E-state index contributed by atoms with van der Waals surface area (Å²) >= 11 is 2.31. The zero-order valence-corrected chi connectivity index (χ0v) is 16.1. The van der Waals surface area contributed by atoms with E-state index in [1.165, 1.54) is 12.8 Å². The van der Waals surface area contributed by atoms with Crippen molar-refractivity contribution >= 4 is 40.0 Å². The van der Waals surface area contributed by atoms with E-state index in [1.54, 1.807) is 0 Å². The molecule has 3 N–H and O–H groups in total. The Morgan fingerprint density at radius 2 is 2.00 bits per heavy atom. The molecule has 0 aliphatic heterocycles. The van der Waals surface area contributed by atoms with E-state index in [-0.39, 0.29) is 12.6 Å². The van der Waals surface area contributed by atoms with Gasteiger partial charge in [0.15, 0.2) is 0 Å². The van der Waals surface area contributed by atoms with Gasteiger partial charge in [-0.25, -0.2) is 4.98 Å². The molecule has 1 aromatic heterocycles. The molecule has 0 radical (unpaired) electrons. The van der Waals surface area contributed by atoms with Crippen LogP contribution in [0.25, 0.3) is 0 Å². The molecule has 1 saturated carbocycles. The van der Waals surface area contributed by atoms with Crippen molar-refractivity contribution in [2.75, 3.05) is 17.2 Å². The average molecular weight is 438 g/mol. The minimum Gasteiger partial charge on any atom is -0.394 e. The van der Waals surface area contributed by atoms with Crippen LogP contribution in [-0.4, -0.2) is 27.7 Å². The third kappa shape index (κ3) is 4.36. The van der Waals surface area contributed by atoms with Crippen molar-refractivity contribution in [3.63, 3.8) is 0 Å². The molecule has 0 bridgehead atoms. The van der Waals surface area contributed by atoms with Crippen molar-refractivity contribution in [2.45, 2.75) is 38.6 Å². The lowest BCUT2D eigenvalue weighted by Gasteiger charge is -2.20. The molecule has 1 heterocycles. The number of rotatable bonds is 7. The van der Waals surface area contributed by atoms with Gasteiger partial charge >= 0.3 is 0 Å². The highest BCUT2D eigenvalue weighted by molar-refractivity contribution is 14.1. The predicted molar refractivity (Wildman–Crippen MR) is 106 cm³/mol. The molecule has 5 nitrogen and oxygen atoms in total. The smallest absolute Gasteiger partial charge is 0.225 e. The molecule has 0 amide bonds. The second-order valence-corrected chi connectivity index (χ2v) is 7.72. The number of hydrogen-bond donors (Lipinski definition) is 3. The van der Waals surface area contributed by atoms with Crippen LogP contribution in [0, 0.1) is 9.49 Å². The number of nitrogens with zero attached hydrogens (tertiary/aromatic N) is 2. The van der Waals surface area contributed by atoms with Crippen LogP contribution in [0.4, 0.5) is 17.5 Å². The molecule has 24 heavy (non-hydrogen) atoms. The van der Waals surface area contributed by atoms with Gasteiger partial charge in [-0.2, -0.15) is 4.98 Å². The van der Waals surface area contributed by atoms with Crippen LogP contribution in [-0.2, 0) is 0 Å². The monoisotopic (exact) mass is 438 g/mol. The minimum atomic E-state index is -0.0517. The molecule has 0 unspecified atom stereocenters. The molecule has 1 aliphatic carbocycles. The van der Waals surface area contributed by atoms with Gasteiger partial charge in [0, 0.05) is 15.6 Å². The highest BCUT2D eigenvalue weighted by atomic mass is 127. The van der Waals surface area contributed by atoms with Crippen LogP contribution in [0.5, 0.6) is 0 Å². The number of para-hydroxylation sites is 1. The Balaban J connectivity index is 1.87. The number of benzene rings is 1. The van der Waals surface area contributed by atoms with E-state index in [9.17, 15) is 5.11 Å². The zero-order chi connectivity index (χ0) is 17.1. The fraction of sp³-hybridized carbons (Fsp3) is 0.444. The van der Waals surface area contributed by atoms with Gasteiger partial charge in [-0.3, -0.25) is 0 Å². The highest BCUT2D eigenvalue weighted by Crippen LogP contribution is 2.40. The van der Waals surface area contributed by atoms with Gasteiger partial charge in [0.1, 0.15) is 5.82 Å². The summed E-state index contributed by atoms with van der Waals surface area (Å²) < 4.78 is 1.15. The highest BCUT2D eigenvalue weighted by Gasteiger charge is 2.26. The zero-order valence-electron chi connectivity index (χ0n) is 14.0. The van der Waals surface area contributed by atoms with Gasteiger partial charge in [0.2, 0.25) is 5.95 Å². The van der Waals surface area contributed by atoms with Crippen molar-refractivity contribution in [3.05, 3.63) is 39.6 Å². The van der Waals surface area contributed by atoms with Crippen LogP contribution < -0.4 is 10.6 Å². The summed E-state index contributed by atoms with van der Waals surface area (Å²) in [6.45, 7) is 4.21. The third-order valence-corrected chi connectivity index (χ3v) is 5.13.